The van der Waals surface area contributed by atoms with Gasteiger partial charge in [-0.1, -0.05) is 0 Å². The lowest BCUT2D eigenvalue weighted by atomic mass is 10.1. The van der Waals surface area contributed by atoms with Gasteiger partial charge in [0.2, 0.25) is 5.91 Å². The Labute approximate surface area is 85.2 Å². The highest BCUT2D eigenvalue weighted by molar-refractivity contribution is 5.79. The van der Waals surface area contributed by atoms with Crippen molar-refractivity contribution >= 4 is 5.91 Å². The van der Waals surface area contributed by atoms with Crippen molar-refractivity contribution in [3.8, 4) is 0 Å². The van der Waals surface area contributed by atoms with Gasteiger partial charge in [0.25, 0.3) is 0 Å². The van der Waals surface area contributed by atoms with E-state index in [9.17, 15) is 4.79 Å². The number of nitrogens with two attached hydrogens (primary N) is 1. The number of ether oxygens (including phenoxy) is 1. The van der Waals surface area contributed by atoms with E-state index in [0.29, 0.717) is 6.61 Å². The second kappa shape index (κ2) is 5.32. The fourth-order valence-electron chi connectivity index (χ4n) is 1.91. The quantitative estimate of drug-likeness (QED) is 0.684. The van der Waals surface area contributed by atoms with E-state index in [0.717, 1.165) is 19.3 Å². The van der Waals surface area contributed by atoms with Crippen molar-refractivity contribution in [2.75, 3.05) is 13.7 Å². The predicted molar refractivity (Wildman–Crippen MR) is 54.8 cm³/mol. The minimum absolute atomic E-state index is 0.0873. The molecule has 0 saturated heterocycles. The van der Waals surface area contributed by atoms with Gasteiger partial charge in [0.15, 0.2) is 0 Å². The van der Waals surface area contributed by atoms with Gasteiger partial charge in [-0.2, -0.15) is 0 Å². The molecule has 0 bridgehead atoms. The van der Waals surface area contributed by atoms with Crippen LogP contribution in [0.1, 0.15) is 26.2 Å². The zero-order chi connectivity index (χ0) is 10.6. The molecule has 82 valence electrons. The fourth-order valence-corrected chi connectivity index (χ4v) is 1.91. The Morgan fingerprint density at radius 2 is 2.36 bits per heavy atom. The first-order valence-corrected chi connectivity index (χ1v) is 5.18. The summed E-state index contributed by atoms with van der Waals surface area (Å²) in [6.07, 6.45) is 2.72. The van der Waals surface area contributed by atoms with Crippen LogP contribution in [0.3, 0.4) is 0 Å². The molecule has 0 heterocycles. The Balaban J connectivity index is 2.27. The van der Waals surface area contributed by atoms with Crippen LogP contribution >= 0.6 is 0 Å². The number of carbonyl (C=O) groups excluding carboxylic acids is 1. The molecule has 14 heavy (non-hydrogen) atoms. The van der Waals surface area contributed by atoms with Crippen LogP contribution in [0.5, 0.6) is 0 Å². The van der Waals surface area contributed by atoms with Gasteiger partial charge in [-0.05, 0) is 26.2 Å². The summed E-state index contributed by atoms with van der Waals surface area (Å²) in [5.74, 6) is 0.242. The van der Waals surface area contributed by atoms with E-state index in [1.54, 1.807) is 7.11 Å². The minimum Gasteiger partial charge on any atom is -0.383 e. The molecule has 1 amide bonds. The Kier molecular flexibility index (Phi) is 4.35. The lowest BCUT2D eigenvalue weighted by Gasteiger charge is -2.16. The van der Waals surface area contributed by atoms with Crippen molar-refractivity contribution < 1.29 is 9.53 Å². The molecule has 4 nitrogen and oxygen atoms in total. The van der Waals surface area contributed by atoms with Gasteiger partial charge in [0.05, 0.1) is 6.61 Å². The SMILES string of the molecule is COCC(C)NC(=O)C1CCC(N)C1. The number of hydrogen-bond acceptors (Lipinski definition) is 3. The maximum absolute atomic E-state index is 11.7. The van der Waals surface area contributed by atoms with E-state index in [2.05, 4.69) is 5.32 Å². The first-order chi connectivity index (χ1) is 6.63. The van der Waals surface area contributed by atoms with Crippen molar-refractivity contribution in [2.45, 2.75) is 38.3 Å². The average molecular weight is 200 g/mol. The van der Waals surface area contributed by atoms with Gasteiger partial charge in [-0.15, -0.1) is 0 Å². The topological polar surface area (TPSA) is 64.3 Å². The Bertz CT molecular complexity index is 197. The molecule has 4 heteroatoms. The Hall–Kier alpha value is -0.610. The summed E-state index contributed by atoms with van der Waals surface area (Å²) >= 11 is 0. The minimum atomic E-state index is 0.0873. The summed E-state index contributed by atoms with van der Waals surface area (Å²) in [5, 5.41) is 2.92. The van der Waals surface area contributed by atoms with Crippen molar-refractivity contribution in [3.05, 3.63) is 0 Å². The average Bonchev–Trinajstić information content (AvgIpc) is 2.52. The van der Waals surface area contributed by atoms with Crippen LogP contribution in [-0.2, 0) is 9.53 Å². The van der Waals surface area contributed by atoms with Gasteiger partial charge in [0, 0.05) is 25.1 Å². The normalized spacial score (nSPS) is 28.8. The largest absolute Gasteiger partial charge is 0.383 e. The molecule has 0 aromatic carbocycles. The fraction of sp³-hybridized carbons (Fsp3) is 0.900. The third-order valence-corrected chi connectivity index (χ3v) is 2.65. The number of hydrogen-bond donors (Lipinski definition) is 2. The number of methoxy groups -OCH3 is 1. The summed E-state index contributed by atoms with van der Waals surface area (Å²) in [6, 6.07) is 0.299. The van der Waals surface area contributed by atoms with Crippen LogP contribution in [0.15, 0.2) is 0 Å². The number of carbonyl (C=O) groups is 1. The summed E-state index contributed by atoms with van der Waals surface area (Å²) in [6.45, 7) is 2.50. The Morgan fingerprint density at radius 1 is 1.64 bits per heavy atom. The highest BCUT2D eigenvalue weighted by atomic mass is 16.5. The van der Waals surface area contributed by atoms with E-state index >= 15 is 0 Å². The molecule has 1 saturated carbocycles. The molecule has 0 spiro atoms. The maximum Gasteiger partial charge on any atom is 0.223 e. The van der Waals surface area contributed by atoms with E-state index in [1.807, 2.05) is 6.92 Å². The molecule has 1 aliphatic carbocycles. The highest BCUT2D eigenvalue weighted by Gasteiger charge is 2.28. The van der Waals surface area contributed by atoms with E-state index in [-0.39, 0.29) is 23.9 Å². The molecular weight excluding hydrogens is 180 g/mol. The summed E-state index contributed by atoms with van der Waals surface area (Å²) in [4.78, 5) is 11.7. The van der Waals surface area contributed by atoms with E-state index in [4.69, 9.17) is 10.5 Å². The van der Waals surface area contributed by atoms with E-state index < -0.39 is 0 Å². The third kappa shape index (κ3) is 3.27. The molecule has 0 aromatic rings. The van der Waals surface area contributed by atoms with Gasteiger partial charge < -0.3 is 15.8 Å². The lowest BCUT2D eigenvalue weighted by Crippen LogP contribution is -2.39. The van der Waals surface area contributed by atoms with Gasteiger partial charge in [-0.25, -0.2) is 0 Å². The molecule has 0 aliphatic heterocycles. The number of rotatable bonds is 4. The molecule has 3 atom stereocenters. The van der Waals surface area contributed by atoms with Gasteiger partial charge in [0.1, 0.15) is 0 Å². The van der Waals surface area contributed by atoms with E-state index in [1.165, 1.54) is 0 Å². The summed E-state index contributed by atoms with van der Waals surface area (Å²) < 4.78 is 4.95. The Morgan fingerprint density at radius 3 is 2.86 bits per heavy atom. The molecular formula is C10H20N2O2. The second-order valence-corrected chi connectivity index (χ2v) is 4.14. The van der Waals surface area contributed by atoms with Gasteiger partial charge in [-0.3, -0.25) is 4.79 Å². The lowest BCUT2D eigenvalue weighted by molar-refractivity contribution is -0.125. The van der Waals surface area contributed by atoms with Crippen LogP contribution in [-0.4, -0.2) is 31.7 Å². The molecule has 3 N–H and O–H groups in total. The zero-order valence-corrected chi connectivity index (χ0v) is 8.95. The number of amides is 1. The van der Waals surface area contributed by atoms with Crippen LogP contribution in [0, 0.1) is 5.92 Å². The second-order valence-electron chi connectivity index (χ2n) is 4.14. The maximum atomic E-state index is 11.7. The zero-order valence-electron chi connectivity index (χ0n) is 8.95. The third-order valence-electron chi connectivity index (χ3n) is 2.65. The smallest absolute Gasteiger partial charge is 0.223 e. The highest BCUT2D eigenvalue weighted by Crippen LogP contribution is 2.24. The van der Waals surface area contributed by atoms with Crippen molar-refractivity contribution in [1.82, 2.24) is 5.32 Å². The number of nitrogens with one attached hydrogen (secondary N) is 1. The first-order valence-electron chi connectivity index (χ1n) is 5.18. The molecule has 1 rings (SSSR count). The molecule has 1 fully saturated rings. The summed E-state index contributed by atoms with van der Waals surface area (Å²) in [7, 11) is 1.63. The first kappa shape index (κ1) is 11.5. The molecule has 0 radical (unpaired) electrons. The summed E-state index contributed by atoms with van der Waals surface area (Å²) in [5.41, 5.74) is 5.75. The standard InChI is InChI=1S/C10H20N2O2/c1-7(6-14-2)12-10(13)8-3-4-9(11)5-8/h7-9H,3-6,11H2,1-2H3,(H,12,13). The predicted octanol–water partition coefficient (Wildman–Crippen LogP) is 0.265. The van der Waals surface area contributed by atoms with Crippen LogP contribution in [0.4, 0.5) is 0 Å². The van der Waals surface area contributed by atoms with Crippen LogP contribution in [0.2, 0.25) is 0 Å². The van der Waals surface area contributed by atoms with Crippen LogP contribution < -0.4 is 11.1 Å². The van der Waals surface area contributed by atoms with Crippen molar-refractivity contribution in [3.63, 3.8) is 0 Å². The van der Waals surface area contributed by atoms with Crippen molar-refractivity contribution in [2.24, 2.45) is 11.7 Å². The van der Waals surface area contributed by atoms with Crippen LogP contribution in [0.25, 0.3) is 0 Å². The molecule has 1 aliphatic rings. The molecule has 0 aromatic heterocycles. The van der Waals surface area contributed by atoms with Gasteiger partial charge >= 0.3 is 0 Å². The van der Waals surface area contributed by atoms with Crippen molar-refractivity contribution in [1.29, 1.82) is 0 Å². The monoisotopic (exact) mass is 200 g/mol. The molecule has 3 unspecified atom stereocenters.